The van der Waals surface area contributed by atoms with Crippen LogP contribution < -0.4 is 5.73 Å². The first-order chi connectivity index (χ1) is 9.87. The molecule has 0 spiro atoms. The molecule has 0 aliphatic carbocycles. The lowest BCUT2D eigenvalue weighted by molar-refractivity contribution is -0.118. The van der Waals surface area contributed by atoms with Gasteiger partial charge in [-0.3, -0.25) is 9.78 Å². The van der Waals surface area contributed by atoms with E-state index in [4.69, 9.17) is 10.5 Å². The van der Waals surface area contributed by atoms with E-state index < -0.39 is 0 Å². The van der Waals surface area contributed by atoms with Crippen LogP contribution in [0.25, 0.3) is 10.2 Å². The number of thiophene rings is 1. The van der Waals surface area contributed by atoms with E-state index in [0.717, 1.165) is 4.70 Å². The number of nitrogens with two attached hydrogens (primary N) is 1. The van der Waals surface area contributed by atoms with Crippen molar-refractivity contribution in [1.82, 2.24) is 9.88 Å². The van der Waals surface area contributed by atoms with Gasteiger partial charge >= 0.3 is 0 Å². The maximum atomic E-state index is 12.8. The van der Waals surface area contributed by atoms with E-state index in [1.807, 2.05) is 37.8 Å². The van der Waals surface area contributed by atoms with Gasteiger partial charge in [0.1, 0.15) is 10.4 Å². The molecule has 1 saturated heterocycles. The number of amides is 1. The molecular formula is C15H19N3O2S. The highest BCUT2D eigenvalue weighted by Crippen LogP contribution is 2.34. The van der Waals surface area contributed by atoms with Gasteiger partial charge in [0, 0.05) is 19.3 Å². The Morgan fingerprint density at radius 2 is 2.33 bits per heavy atom. The number of hydrogen-bond donors (Lipinski definition) is 1. The summed E-state index contributed by atoms with van der Waals surface area (Å²) in [4.78, 5) is 19.5. The Morgan fingerprint density at radius 1 is 1.57 bits per heavy atom. The number of ether oxygens (including phenoxy) is 1. The van der Waals surface area contributed by atoms with Crippen molar-refractivity contribution in [3.8, 4) is 0 Å². The fourth-order valence-corrected chi connectivity index (χ4v) is 3.91. The van der Waals surface area contributed by atoms with Crippen molar-refractivity contribution in [1.29, 1.82) is 0 Å². The number of nitrogens with zero attached hydrogens (tertiary/aromatic N) is 2. The van der Waals surface area contributed by atoms with Crippen LogP contribution in [0.15, 0.2) is 18.3 Å². The minimum atomic E-state index is -0.336. The summed E-state index contributed by atoms with van der Waals surface area (Å²) in [6.45, 7) is 7.13. The van der Waals surface area contributed by atoms with Gasteiger partial charge in [0.15, 0.2) is 0 Å². The molecule has 3 rings (SSSR count). The van der Waals surface area contributed by atoms with Crippen LogP contribution in [0.5, 0.6) is 0 Å². The van der Waals surface area contributed by atoms with Crippen molar-refractivity contribution >= 4 is 33.1 Å². The summed E-state index contributed by atoms with van der Waals surface area (Å²) in [5, 5.41) is 0. The fourth-order valence-electron chi connectivity index (χ4n) is 2.86. The molecule has 5 nitrogen and oxygen atoms in total. The number of nitrogen functional groups attached to an aromatic ring is 1. The molecule has 3 heterocycles. The van der Waals surface area contributed by atoms with Gasteiger partial charge in [-0.2, -0.15) is 0 Å². The van der Waals surface area contributed by atoms with E-state index in [0.29, 0.717) is 29.2 Å². The van der Waals surface area contributed by atoms with Crippen LogP contribution >= 0.6 is 11.3 Å². The molecule has 1 amide bonds. The topological polar surface area (TPSA) is 68.5 Å². The molecule has 1 atom stereocenters. The van der Waals surface area contributed by atoms with Gasteiger partial charge in [-0.1, -0.05) is 0 Å². The molecule has 0 aromatic carbocycles. The van der Waals surface area contributed by atoms with Crippen molar-refractivity contribution in [2.24, 2.45) is 0 Å². The predicted octanol–water partition coefficient (Wildman–Crippen LogP) is 2.52. The van der Waals surface area contributed by atoms with E-state index >= 15 is 0 Å². The Hall–Kier alpha value is -1.66. The van der Waals surface area contributed by atoms with Crippen LogP contribution in [0.3, 0.4) is 0 Å². The Bertz CT molecular complexity index is 695. The summed E-state index contributed by atoms with van der Waals surface area (Å²) in [7, 11) is 0. The Balaban J connectivity index is 1.95. The largest absolute Gasteiger partial charge is 0.396 e. The first-order valence-electron chi connectivity index (χ1n) is 6.97. The number of anilines is 1. The van der Waals surface area contributed by atoms with E-state index in [-0.39, 0.29) is 17.6 Å². The normalized spacial score (nSPS) is 21.7. The van der Waals surface area contributed by atoms with Crippen molar-refractivity contribution in [2.45, 2.75) is 32.5 Å². The minimum absolute atomic E-state index is 0.0198. The number of aromatic nitrogens is 1. The molecule has 0 saturated carbocycles. The molecule has 1 unspecified atom stereocenters. The van der Waals surface area contributed by atoms with Crippen LogP contribution in [-0.4, -0.2) is 40.6 Å². The first kappa shape index (κ1) is 14.3. The van der Waals surface area contributed by atoms with E-state index in [2.05, 4.69) is 4.98 Å². The lowest BCUT2D eigenvalue weighted by Crippen LogP contribution is -2.53. The third-order valence-electron chi connectivity index (χ3n) is 3.53. The molecule has 1 fully saturated rings. The lowest BCUT2D eigenvalue weighted by atomic mass is 10.1. The van der Waals surface area contributed by atoms with E-state index in [9.17, 15) is 4.79 Å². The van der Waals surface area contributed by atoms with Crippen LogP contribution in [0.2, 0.25) is 0 Å². The maximum Gasteiger partial charge on any atom is 0.266 e. The summed E-state index contributed by atoms with van der Waals surface area (Å²) in [6, 6.07) is 3.79. The smallest absolute Gasteiger partial charge is 0.266 e. The van der Waals surface area contributed by atoms with Crippen LogP contribution in [0.1, 0.15) is 30.4 Å². The number of morpholine rings is 1. The first-order valence-corrected chi connectivity index (χ1v) is 7.79. The molecule has 0 radical (unpaired) electrons. The Kier molecular flexibility index (Phi) is 3.37. The molecule has 1 aliphatic rings. The van der Waals surface area contributed by atoms with Crippen LogP contribution in [-0.2, 0) is 4.74 Å². The van der Waals surface area contributed by atoms with Crippen molar-refractivity contribution in [3.63, 3.8) is 0 Å². The fraction of sp³-hybridized carbons (Fsp3) is 0.467. The summed E-state index contributed by atoms with van der Waals surface area (Å²) >= 11 is 1.41. The minimum Gasteiger partial charge on any atom is -0.396 e. The van der Waals surface area contributed by atoms with E-state index in [1.54, 1.807) is 6.20 Å². The molecule has 1 aliphatic heterocycles. The number of rotatable bonds is 1. The molecule has 2 aromatic heterocycles. The number of pyridine rings is 1. The number of carbonyl (C=O) groups excluding carboxylic acids is 1. The van der Waals surface area contributed by atoms with Crippen LogP contribution in [0, 0.1) is 0 Å². The second kappa shape index (κ2) is 4.96. The third kappa shape index (κ3) is 2.61. The zero-order valence-electron chi connectivity index (χ0n) is 12.4. The number of carbonyl (C=O) groups is 1. The van der Waals surface area contributed by atoms with Crippen molar-refractivity contribution in [3.05, 3.63) is 23.2 Å². The Morgan fingerprint density at radius 3 is 3.00 bits per heavy atom. The lowest BCUT2D eigenvalue weighted by Gasteiger charge is -2.41. The average molecular weight is 305 g/mol. The number of hydrogen-bond acceptors (Lipinski definition) is 5. The van der Waals surface area contributed by atoms with Crippen molar-refractivity contribution in [2.75, 3.05) is 18.8 Å². The second-order valence-corrected chi connectivity index (χ2v) is 7.12. The molecule has 112 valence electrons. The summed E-state index contributed by atoms with van der Waals surface area (Å²) < 4.78 is 6.79. The van der Waals surface area contributed by atoms with Gasteiger partial charge in [-0.25, -0.2) is 0 Å². The standard InChI is InChI=1S/C15H19N3O2S/c1-9-7-18(8-15(2,3)20-9)14(19)13-11(16)12-10(21-13)5-4-6-17-12/h4-6,9H,7-8,16H2,1-3H3. The molecule has 0 bridgehead atoms. The zero-order valence-corrected chi connectivity index (χ0v) is 13.2. The summed E-state index contributed by atoms with van der Waals surface area (Å²) in [5.41, 5.74) is 6.98. The highest BCUT2D eigenvalue weighted by molar-refractivity contribution is 7.21. The predicted molar refractivity (Wildman–Crippen MR) is 84.6 cm³/mol. The average Bonchev–Trinajstić information content (AvgIpc) is 2.73. The zero-order chi connectivity index (χ0) is 15.2. The SMILES string of the molecule is CC1CN(C(=O)c2sc3cccnc3c2N)CC(C)(C)O1. The van der Waals surface area contributed by atoms with E-state index in [1.165, 1.54) is 11.3 Å². The van der Waals surface area contributed by atoms with Crippen molar-refractivity contribution < 1.29 is 9.53 Å². The van der Waals surface area contributed by atoms with Gasteiger partial charge in [-0.05, 0) is 32.9 Å². The monoisotopic (exact) mass is 305 g/mol. The molecule has 2 N–H and O–H groups in total. The molecule has 6 heteroatoms. The highest BCUT2D eigenvalue weighted by Gasteiger charge is 2.35. The maximum absolute atomic E-state index is 12.8. The summed E-state index contributed by atoms with van der Waals surface area (Å²) in [6.07, 6.45) is 1.71. The van der Waals surface area contributed by atoms with Gasteiger partial charge < -0.3 is 15.4 Å². The van der Waals surface area contributed by atoms with Gasteiger partial charge in [-0.15, -0.1) is 11.3 Å². The number of fused-ring (bicyclic) bond motifs is 1. The van der Waals surface area contributed by atoms with Gasteiger partial charge in [0.05, 0.1) is 22.1 Å². The highest BCUT2D eigenvalue weighted by atomic mass is 32.1. The molecule has 21 heavy (non-hydrogen) atoms. The Labute approximate surface area is 127 Å². The quantitative estimate of drug-likeness (QED) is 0.879. The van der Waals surface area contributed by atoms with Crippen LogP contribution in [0.4, 0.5) is 5.69 Å². The summed E-state index contributed by atoms with van der Waals surface area (Å²) in [5.74, 6) is -0.0290. The third-order valence-corrected chi connectivity index (χ3v) is 4.68. The molecular weight excluding hydrogens is 286 g/mol. The van der Waals surface area contributed by atoms with Gasteiger partial charge in [0.2, 0.25) is 0 Å². The second-order valence-electron chi connectivity index (χ2n) is 6.07. The molecule has 2 aromatic rings. The van der Waals surface area contributed by atoms with Gasteiger partial charge in [0.25, 0.3) is 5.91 Å².